The van der Waals surface area contributed by atoms with Gasteiger partial charge in [-0.25, -0.2) is 4.79 Å². The zero-order valence-electron chi connectivity index (χ0n) is 14.0. The van der Waals surface area contributed by atoms with E-state index in [0.29, 0.717) is 11.5 Å². The average molecular weight is 373 g/mol. The quantitative estimate of drug-likeness (QED) is 0.334. The molecule has 0 saturated heterocycles. The standard InChI is InChI=1S/C17H15N3O7/c18-13-6-11(20(23)24)2-3-12(13)17(22)25-8-16(21)19-7-10-1-4-14-15(5-10)27-9-26-14/h1-6H,7-9,18H2,(H,19,21). The van der Waals surface area contributed by atoms with Gasteiger partial charge in [0.15, 0.2) is 18.1 Å². The normalized spacial score (nSPS) is 11.7. The number of nitro benzene ring substituents is 1. The highest BCUT2D eigenvalue weighted by atomic mass is 16.7. The van der Waals surface area contributed by atoms with Gasteiger partial charge in [0.1, 0.15) is 0 Å². The van der Waals surface area contributed by atoms with Crippen molar-refractivity contribution in [3.05, 3.63) is 57.6 Å². The minimum Gasteiger partial charge on any atom is -0.454 e. The summed E-state index contributed by atoms with van der Waals surface area (Å²) in [4.78, 5) is 33.9. The summed E-state index contributed by atoms with van der Waals surface area (Å²) < 4.78 is 15.3. The lowest BCUT2D eigenvalue weighted by Crippen LogP contribution is -2.28. The molecule has 0 atom stereocenters. The summed E-state index contributed by atoms with van der Waals surface area (Å²) in [6.07, 6.45) is 0. The molecule has 0 aliphatic carbocycles. The van der Waals surface area contributed by atoms with Crippen LogP contribution in [0.4, 0.5) is 11.4 Å². The maximum Gasteiger partial charge on any atom is 0.340 e. The highest BCUT2D eigenvalue weighted by molar-refractivity contribution is 5.96. The molecule has 0 fully saturated rings. The average Bonchev–Trinajstić information content (AvgIpc) is 3.12. The first-order valence-electron chi connectivity index (χ1n) is 7.80. The zero-order chi connectivity index (χ0) is 19.4. The van der Waals surface area contributed by atoms with Crippen molar-refractivity contribution in [1.29, 1.82) is 0 Å². The third-order valence-electron chi connectivity index (χ3n) is 3.73. The minimum absolute atomic E-state index is 0.0517. The number of nitrogens with two attached hydrogens (primary N) is 1. The molecule has 140 valence electrons. The summed E-state index contributed by atoms with van der Waals surface area (Å²) in [6, 6.07) is 8.62. The molecule has 1 aliphatic rings. The molecule has 1 amide bonds. The molecule has 0 spiro atoms. The number of nitrogens with zero attached hydrogens (tertiary/aromatic N) is 1. The number of carbonyl (C=O) groups is 2. The minimum atomic E-state index is -0.847. The molecule has 27 heavy (non-hydrogen) atoms. The van der Waals surface area contributed by atoms with Gasteiger partial charge in [0.05, 0.1) is 16.2 Å². The highest BCUT2D eigenvalue weighted by Crippen LogP contribution is 2.32. The monoisotopic (exact) mass is 373 g/mol. The summed E-state index contributed by atoms with van der Waals surface area (Å²) in [5.41, 5.74) is 6.01. The van der Waals surface area contributed by atoms with E-state index in [1.165, 1.54) is 6.07 Å². The third kappa shape index (κ3) is 4.24. The van der Waals surface area contributed by atoms with E-state index in [9.17, 15) is 19.7 Å². The number of nitrogens with one attached hydrogen (secondary N) is 1. The van der Waals surface area contributed by atoms with Crippen LogP contribution in [0.3, 0.4) is 0 Å². The molecular weight excluding hydrogens is 358 g/mol. The molecule has 10 heteroatoms. The molecule has 0 unspecified atom stereocenters. The van der Waals surface area contributed by atoms with Crippen LogP contribution in [0.5, 0.6) is 11.5 Å². The van der Waals surface area contributed by atoms with E-state index in [0.717, 1.165) is 17.7 Å². The SMILES string of the molecule is Nc1cc([N+](=O)[O-])ccc1C(=O)OCC(=O)NCc1ccc2c(c1)OCO2. The van der Waals surface area contributed by atoms with Gasteiger partial charge >= 0.3 is 5.97 Å². The second-order valence-electron chi connectivity index (χ2n) is 5.57. The first-order valence-corrected chi connectivity index (χ1v) is 7.80. The molecule has 0 aromatic heterocycles. The number of anilines is 1. The lowest BCUT2D eigenvalue weighted by atomic mass is 10.1. The number of carbonyl (C=O) groups excluding carboxylic acids is 2. The Balaban J connectivity index is 1.50. The fourth-order valence-electron chi connectivity index (χ4n) is 2.36. The first-order chi connectivity index (χ1) is 12.9. The van der Waals surface area contributed by atoms with Crippen LogP contribution in [0, 0.1) is 10.1 Å². The number of benzene rings is 2. The number of rotatable bonds is 6. The van der Waals surface area contributed by atoms with Crippen molar-refractivity contribution in [3.8, 4) is 11.5 Å². The Labute approximate surface area is 153 Å². The lowest BCUT2D eigenvalue weighted by molar-refractivity contribution is -0.384. The summed E-state index contributed by atoms with van der Waals surface area (Å²) in [5.74, 6) is -0.122. The molecule has 2 aromatic rings. The largest absolute Gasteiger partial charge is 0.454 e. The Bertz CT molecular complexity index is 913. The third-order valence-corrected chi connectivity index (χ3v) is 3.73. The molecule has 3 N–H and O–H groups in total. The summed E-state index contributed by atoms with van der Waals surface area (Å²) >= 11 is 0. The van der Waals surface area contributed by atoms with Gasteiger partial charge in [0, 0.05) is 18.7 Å². The van der Waals surface area contributed by atoms with Crippen molar-refractivity contribution in [2.45, 2.75) is 6.54 Å². The maximum absolute atomic E-state index is 12.0. The van der Waals surface area contributed by atoms with E-state index >= 15 is 0 Å². The Morgan fingerprint density at radius 2 is 1.96 bits per heavy atom. The predicted octanol–water partition coefficient (Wildman–Crippen LogP) is 1.38. The fourth-order valence-corrected chi connectivity index (χ4v) is 2.36. The van der Waals surface area contributed by atoms with E-state index in [4.69, 9.17) is 19.9 Å². The van der Waals surface area contributed by atoms with Crippen molar-refractivity contribution >= 4 is 23.3 Å². The van der Waals surface area contributed by atoms with Crippen LogP contribution in [0.25, 0.3) is 0 Å². The number of amides is 1. The molecule has 1 aliphatic heterocycles. The summed E-state index contributed by atoms with van der Waals surface area (Å²) in [6.45, 7) is -0.140. The zero-order valence-corrected chi connectivity index (χ0v) is 14.0. The number of esters is 1. The number of hydrogen-bond acceptors (Lipinski definition) is 8. The molecule has 3 rings (SSSR count). The van der Waals surface area contributed by atoms with Crippen LogP contribution in [-0.4, -0.2) is 30.2 Å². The summed E-state index contributed by atoms with van der Waals surface area (Å²) in [5, 5.41) is 13.3. The number of fused-ring (bicyclic) bond motifs is 1. The van der Waals surface area contributed by atoms with Gasteiger partial charge in [-0.15, -0.1) is 0 Å². The van der Waals surface area contributed by atoms with Crippen molar-refractivity contribution < 1.29 is 28.7 Å². The second-order valence-corrected chi connectivity index (χ2v) is 5.57. The van der Waals surface area contributed by atoms with Crippen molar-refractivity contribution in [2.24, 2.45) is 0 Å². The van der Waals surface area contributed by atoms with E-state index in [-0.39, 0.29) is 30.3 Å². The van der Waals surface area contributed by atoms with E-state index in [1.807, 2.05) is 0 Å². The van der Waals surface area contributed by atoms with Gasteiger partial charge in [0.25, 0.3) is 11.6 Å². The van der Waals surface area contributed by atoms with Gasteiger partial charge in [0.2, 0.25) is 6.79 Å². The Hall–Kier alpha value is -3.82. The lowest BCUT2D eigenvalue weighted by Gasteiger charge is -2.08. The molecule has 10 nitrogen and oxygen atoms in total. The number of nitrogen functional groups attached to an aromatic ring is 1. The topological polar surface area (TPSA) is 143 Å². The van der Waals surface area contributed by atoms with E-state index in [2.05, 4.69) is 5.32 Å². The Morgan fingerprint density at radius 1 is 1.19 bits per heavy atom. The molecular formula is C17H15N3O7. The first kappa shape index (κ1) is 18.0. The van der Waals surface area contributed by atoms with Crippen molar-refractivity contribution in [1.82, 2.24) is 5.32 Å². The van der Waals surface area contributed by atoms with Crippen LogP contribution in [-0.2, 0) is 16.1 Å². The summed E-state index contributed by atoms with van der Waals surface area (Å²) in [7, 11) is 0. The predicted molar refractivity (Wildman–Crippen MR) is 92.2 cm³/mol. The Kier molecular flexibility index (Phi) is 5.06. The van der Waals surface area contributed by atoms with E-state index in [1.54, 1.807) is 18.2 Å². The van der Waals surface area contributed by atoms with Crippen LogP contribution < -0.4 is 20.5 Å². The molecule has 1 heterocycles. The van der Waals surface area contributed by atoms with Gasteiger partial charge in [-0.1, -0.05) is 6.07 Å². The fraction of sp³-hybridized carbons (Fsp3) is 0.176. The van der Waals surface area contributed by atoms with E-state index < -0.39 is 23.4 Å². The Morgan fingerprint density at radius 3 is 2.70 bits per heavy atom. The number of hydrogen-bond donors (Lipinski definition) is 2. The van der Waals surface area contributed by atoms with Crippen LogP contribution in [0.15, 0.2) is 36.4 Å². The molecule has 0 radical (unpaired) electrons. The van der Waals surface area contributed by atoms with Gasteiger partial charge in [-0.2, -0.15) is 0 Å². The van der Waals surface area contributed by atoms with Gasteiger partial charge < -0.3 is 25.3 Å². The number of ether oxygens (including phenoxy) is 3. The second kappa shape index (κ2) is 7.60. The van der Waals surface area contributed by atoms with Crippen molar-refractivity contribution in [2.75, 3.05) is 19.1 Å². The number of nitro groups is 1. The van der Waals surface area contributed by atoms with Gasteiger partial charge in [-0.3, -0.25) is 14.9 Å². The van der Waals surface area contributed by atoms with Crippen LogP contribution in [0.1, 0.15) is 15.9 Å². The molecule has 2 aromatic carbocycles. The van der Waals surface area contributed by atoms with Crippen molar-refractivity contribution in [3.63, 3.8) is 0 Å². The van der Waals surface area contributed by atoms with Crippen LogP contribution in [0.2, 0.25) is 0 Å². The maximum atomic E-state index is 12.0. The smallest absolute Gasteiger partial charge is 0.340 e. The van der Waals surface area contributed by atoms with Crippen LogP contribution >= 0.6 is 0 Å². The number of non-ortho nitro benzene ring substituents is 1. The highest BCUT2D eigenvalue weighted by Gasteiger charge is 2.17. The van der Waals surface area contributed by atoms with Gasteiger partial charge in [-0.05, 0) is 23.8 Å². The molecule has 0 saturated carbocycles. The molecule has 0 bridgehead atoms.